The van der Waals surface area contributed by atoms with Crippen LogP contribution in [0.2, 0.25) is 0 Å². The molecule has 2 rings (SSSR count). The van der Waals surface area contributed by atoms with Crippen molar-refractivity contribution in [3.63, 3.8) is 0 Å². The number of carboxylic acid groups (broad SMARTS) is 1. The van der Waals surface area contributed by atoms with E-state index in [-0.39, 0.29) is 0 Å². The predicted molar refractivity (Wildman–Crippen MR) is 77.1 cm³/mol. The van der Waals surface area contributed by atoms with Gasteiger partial charge in [-0.2, -0.15) is 0 Å². The molecule has 0 bridgehead atoms. The van der Waals surface area contributed by atoms with Gasteiger partial charge in [-0.1, -0.05) is 27.2 Å². The Hall–Kier alpha value is -0.570. The maximum absolute atomic E-state index is 11.6. The Bertz CT molecular complexity index is 321. The van der Waals surface area contributed by atoms with Crippen molar-refractivity contribution in [1.29, 1.82) is 0 Å². The van der Waals surface area contributed by atoms with Crippen molar-refractivity contribution >= 4 is 5.97 Å². The van der Waals surface area contributed by atoms with Crippen molar-refractivity contribution in [2.45, 2.75) is 65.3 Å². The highest BCUT2D eigenvalue weighted by Crippen LogP contribution is 2.40. The number of hydrogen-bond donors (Lipinski definition) is 1. The van der Waals surface area contributed by atoms with E-state index >= 15 is 0 Å². The molecule has 0 aromatic heterocycles. The second-order valence-corrected chi connectivity index (χ2v) is 7.13. The third-order valence-electron chi connectivity index (χ3n) is 5.24. The van der Waals surface area contributed by atoms with Crippen LogP contribution in [0.3, 0.4) is 0 Å². The largest absolute Gasteiger partial charge is 0.481 e. The number of rotatable bonds is 4. The lowest BCUT2D eigenvalue weighted by molar-refractivity contribution is -0.148. The van der Waals surface area contributed by atoms with Gasteiger partial charge in [-0.3, -0.25) is 9.69 Å². The predicted octanol–water partition coefficient (Wildman–Crippen LogP) is 3.39. The highest BCUT2D eigenvalue weighted by atomic mass is 16.4. The van der Waals surface area contributed by atoms with Crippen molar-refractivity contribution in [3.05, 3.63) is 0 Å². The summed E-state index contributed by atoms with van der Waals surface area (Å²) in [6, 6.07) is 0.622. The molecule has 1 N–H and O–H groups in total. The van der Waals surface area contributed by atoms with Crippen molar-refractivity contribution in [2.24, 2.45) is 17.3 Å². The smallest absolute Gasteiger partial charge is 0.310 e. The van der Waals surface area contributed by atoms with Crippen molar-refractivity contribution in [1.82, 2.24) is 4.90 Å². The second-order valence-electron chi connectivity index (χ2n) is 7.13. The summed E-state index contributed by atoms with van der Waals surface area (Å²) < 4.78 is 0. The third kappa shape index (κ3) is 3.13. The van der Waals surface area contributed by atoms with Gasteiger partial charge in [-0.05, 0) is 50.5 Å². The minimum Gasteiger partial charge on any atom is -0.481 e. The summed E-state index contributed by atoms with van der Waals surface area (Å²) in [7, 11) is 0. The molecule has 0 radical (unpaired) electrons. The summed E-state index contributed by atoms with van der Waals surface area (Å²) in [6.07, 6.45) is 6.49. The van der Waals surface area contributed by atoms with E-state index < -0.39 is 11.4 Å². The first-order valence-corrected chi connectivity index (χ1v) is 7.94. The number of hydrogen-bond acceptors (Lipinski definition) is 2. The lowest BCUT2D eigenvalue weighted by atomic mass is 9.79. The molecule has 1 aliphatic heterocycles. The van der Waals surface area contributed by atoms with Gasteiger partial charge in [-0.25, -0.2) is 0 Å². The van der Waals surface area contributed by atoms with E-state index in [0.717, 1.165) is 44.2 Å². The molecule has 1 aliphatic carbocycles. The van der Waals surface area contributed by atoms with Gasteiger partial charge in [0, 0.05) is 12.6 Å². The minimum atomic E-state index is -0.575. The molecule has 110 valence electrons. The first kappa shape index (κ1) is 14.8. The summed E-state index contributed by atoms with van der Waals surface area (Å²) in [5.74, 6) is 1.01. The molecule has 3 atom stereocenters. The molecule has 0 spiro atoms. The van der Waals surface area contributed by atoms with Gasteiger partial charge in [-0.15, -0.1) is 0 Å². The lowest BCUT2D eigenvalue weighted by Gasteiger charge is -2.38. The zero-order chi connectivity index (χ0) is 14.0. The molecule has 3 nitrogen and oxygen atoms in total. The third-order valence-corrected chi connectivity index (χ3v) is 5.24. The van der Waals surface area contributed by atoms with Crippen molar-refractivity contribution < 1.29 is 9.90 Å². The monoisotopic (exact) mass is 267 g/mol. The highest BCUT2D eigenvalue weighted by molar-refractivity contribution is 5.75. The number of carboxylic acids is 1. The molecule has 1 heterocycles. The average molecular weight is 267 g/mol. The average Bonchev–Trinajstić information content (AvgIpc) is 2.74. The maximum Gasteiger partial charge on any atom is 0.310 e. The Kier molecular flexibility index (Phi) is 4.54. The van der Waals surface area contributed by atoms with Crippen LogP contribution in [0.5, 0.6) is 0 Å². The molecule has 1 saturated carbocycles. The van der Waals surface area contributed by atoms with Crippen LogP contribution < -0.4 is 0 Å². The molecule has 3 unspecified atom stereocenters. The molecule has 0 aromatic rings. The first-order chi connectivity index (χ1) is 8.97. The van der Waals surface area contributed by atoms with Crippen LogP contribution in [0.25, 0.3) is 0 Å². The van der Waals surface area contributed by atoms with E-state index in [1.807, 2.05) is 0 Å². The van der Waals surface area contributed by atoms with E-state index in [9.17, 15) is 9.90 Å². The van der Waals surface area contributed by atoms with Crippen LogP contribution in [0.15, 0.2) is 0 Å². The van der Waals surface area contributed by atoms with E-state index in [2.05, 4.69) is 25.7 Å². The Labute approximate surface area is 117 Å². The van der Waals surface area contributed by atoms with Crippen LogP contribution >= 0.6 is 0 Å². The molecule has 0 amide bonds. The molecule has 3 heteroatoms. The molecular weight excluding hydrogens is 238 g/mol. The number of aliphatic carboxylic acids is 1. The fourth-order valence-corrected chi connectivity index (χ4v) is 4.38. The fraction of sp³-hybridized carbons (Fsp3) is 0.938. The molecule has 1 saturated heterocycles. The Morgan fingerprint density at radius 3 is 2.42 bits per heavy atom. The van der Waals surface area contributed by atoms with Gasteiger partial charge in [0.25, 0.3) is 0 Å². The number of likely N-dealkylation sites (tertiary alicyclic amines) is 1. The lowest BCUT2D eigenvalue weighted by Crippen LogP contribution is -2.42. The van der Waals surface area contributed by atoms with Gasteiger partial charge in [0.1, 0.15) is 0 Å². The Morgan fingerprint density at radius 2 is 1.89 bits per heavy atom. The summed E-state index contributed by atoms with van der Waals surface area (Å²) in [5, 5.41) is 9.59. The van der Waals surface area contributed by atoms with Gasteiger partial charge >= 0.3 is 5.97 Å². The highest BCUT2D eigenvalue weighted by Gasteiger charge is 2.46. The van der Waals surface area contributed by atoms with Gasteiger partial charge in [0.05, 0.1) is 5.41 Å². The van der Waals surface area contributed by atoms with E-state index in [1.54, 1.807) is 0 Å². The SMILES string of the molecule is CCCC1(C(=O)O)CCN(C2CC(C)CC(C)C2)C1. The van der Waals surface area contributed by atoms with Crippen LogP contribution in [0, 0.1) is 17.3 Å². The zero-order valence-corrected chi connectivity index (χ0v) is 12.7. The minimum absolute atomic E-state index is 0.460. The van der Waals surface area contributed by atoms with Crippen molar-refractivity contribution in [3.8, 4) is 0 Å². The first-order valence-electron chi connectivity index (χ1n) is 7.94. The molecule has 2 fully saturated rings. The maximum atomic E-state index is 11.6. The van der Waals surface area contributed by atoms with E-state index in [4.69, 9.17) is 0 Å². The molecule has 0 aromatic carbocycles. The Morgan fingerprint density at radius 1 is 1.26 bits per heavy atom. The van der Waals surface area contributed by atoms with Crippen molar-refractivity contribution in [2.75, 3.05) is 13.1 Å². The quantitative estimate of drug-likeness (QED) is 0.849. The second kappa shape index (κ2) is 5.82. The summed E-state index contributed by atoms with van der Waals surface area (Å²) in [5.41, 5.74) is -0.460. The number of carbonyl (C=O) groups is 1. The fourth-order valence-electron chi connectivity index (χ4n) is 4.38. The summed E-state index contributed by atoms with van der Waals surface area (Å²) >= 11 is 0. The molecule has 2 aliphatic rings. The zero-order valence-electron chi connectivity index (χ0n) is 12.7. The summed E-state index contributed by atoms with van der Waals surface area (Å²) in [4.78, 5) is 14.1. The van der Waals surface area contributed by atoms with Gasteiger partial charge in [0.15, 0.2) is 0 Å². The topological polar surface area (TPSA) is 40.5 Å². The van der Waals surface area contributed by atoms with Crippen LogP contribution in [0.1, 0.15) is 59.3 Å². The van der Waals surface area contributed by atoms with Crippen LogP contribution in [-0.4, -0.2) is 35.1 Å². The van der Waals surface area contributed by atoms with Gasteiger partial charge < -0.3 is 5.11 Å². The van der Waals surface area contributed by atoms with E-state index in [1.165, 1.54) is 19.3 Å². The van der Waals surface area contributed by atoms with Crippen LogP contribution in [-0.2, 0) is 4.79 Å². The van der Waals surface area contributed by atoms with Crippen LogP contribution in [0.4, 0.5) is 0 Å². The summed E-state index contributed by atoms with van der Waals surface area (Å²) in [6.45, 7) is 8.54. The van der Waals surface area contributed by atoms with Gasteiger partial charge in [0.2, 0.25) is 0 Å². The van der Waals surface area contributed by atoms with E-state index in [0.29, 0.717) is 6.04 Å². The molecular formula is C16H29NO2. The number of nitrogens with zero attached hydrogens (tertiary/aromatic N) is 1. The Balaban J connectivity index is 2.02. The standard InChI is InChI=1S/C16H29NO2/c1-4-5-16(15(18)19)6-7-17(11-16)14-9-12(2)8-13(3)10-14/h12-14H,4-11H2,1-3H3,(H,18,19). The normalized spacial score (nSPS) is 40.5. The molecule has 19 heavy (non-hydrogen) atoms.